The smallest absolute Gasteiger partial charge is 0.163 e. The lowest BCUT2D eigenvalue weighted by Gasteiger charge is -2.18. The Morgan fingerprint density at radius 2 is 1.71 bits per heavy atom. The first-order chi connectivity index (χ1) is 10.2. The highest BCUT2D eigenvalue weighted by atomic mass is 79.9. The number of halogens is 1. The zero-order chi connectivity index (χ0) is 14.7. The van der Waals surface area contributed by atoms with Gasteiger partial charge in [-0.3, -0.25) is 4.79 Å². The van der Waals surface area contributed by atoms with Crippen LogP contribution in [0.4, 0.5) is 0 Å². The third-order valence-electron chi connectivity index (χ3n) is 3.41. The fourth-order valence-corrected chi connectivity index (χ4v) is 2.55. The number of hydrogen-bond acceptors (Lipinski definition) is 3. The number of fused-ring (bicyclic) bond motifs is 1. The summed E-state index contributed by atoms with van der Waals surface area (Å²) in [6.45, 7) is 1.17. The number of carbonyl (C=O) groups is 1. The minimum absolute atomic E-state index is 0.150. The van der Waals surface area contributed by atoms with Gasteiger partial charge in [0, 0.05) is 16.5 Å². The Kier molecular flexibility index (Phi) is 4.25. The van der Waals surface area contributed by atoms with Crippen LogP contribution in [0.1, 0.15) is 22.3 Å². The molecule has 0 atom stereocenters. The van der Waals surface area contributed by atoms with Gasteiger partial charge in [-0.1, -0.05) is 34.1 Å². The van der Waals surface area contributed by atoms with E-state index in [1.54, 1.807) is 0 Å². The minimum atomic E-state index is 0.150. The molecule has 0 unspecified atom stereocenters. The third-order valence-corrected chi connectivity index (χ3v) is 3.94. The number of benzene rings is 2. The van der Waals surface area contributed by atoms with Gasteiger partial charge in [-0.05, 0) is 36.2 Å². The second-order valence-corrected chi connectivity index (χ2v) is 5.82. The van der Waals surface area contributed by atoms with Crippen molar-refractivity contribution >= 4 is 21.7 Å². The molecule has 0 bridgehead atoms. The van der Waals surface area contributed by atoms with Crippen LogP contribution in [-0.2, 0) is 6.42 Å². The Bertz CT molecular complexity index is 650. The van der Waals surface area contributed by atoms with Gasteiger partial charge in [0.15, 0.2) is 17.3 Å². The van der Waals surface area contributed by atoms with Crippen molar-refractivity contribution in [3.05, 3.63) is 58.1 Å². The van der Waals surface area contributed by atoms with Crippen molar-refractivity contribution in [2.24, 2.45) is 0 Å². The highest BCUT2D eigenvalue weighted by molar-refractivity contribution is 9.10. The second-order valence-electron chi connectivity index (χ2n) is 4.91. The molecule has 108 valence electrons. The molecule has 0 aliphatic carbocycles. The largest absolute Gasteiger partial charge is 0.486 e. The van der Waals surface area contributed by atoms with Crippen molar-refractivity contribution in [2.75, 3.05) is 13.2 Å². The minimum Gasteiger partial charge on any atom is -0.486 e. The number of Topliss-reactive ketones (excluding diaryl/α,β-unsaturated/α-hetero) is 1. The molecule has 0 N–H and O–H groups in total. The molecule has 0 radical (unpaired) electrons. The quantitative estimate of drug-likeness (QED) is 0.784. The van der Waals surface area contributed by atoms with Crippen molar-refractivity contribution in [1.82, 2.24) is 0 Å². The molecule has 0 aromatic heterocycles. The highest BCUT2D eigenvalue weighted by Crippen LogP contribution is 2.31. The molecule has 3 nitrogen and oxygen atoms in total. The molecule has 0 fully saturated rings. The molecule has 0 spiro atoms. The van der Waals surface area contributed by atoms with E-state index in [1.165, 1.54) is 0 Å². The number of hydrogen-bond donors (Lipinski definition) is 0. The maximum atomic E-state index is 12.1. The normalized spacial score (nSPS) is 13.0. The fourth-order valence-electron chi connectivity index (χ4n) is 2.28. The van der Waals surface area contributed by atoms with Gasteiger partial charge in [0.05, 0.1) is 0 Å². The Labute approximate surface area is 132 Å². The molecule has 0 amide bonds. The van der Waals surface area contributed by atoms with E-state index in [4.69, 9.17) is 9.47 Å². The summed E-state index contributed by atoms with van der Waals surface area (Å²) in [5.41, 5.74) is 1.83. The van der Waals surface area contributed by atoms with Gasteiger partial charge < -0.3 is 9.47 Å². The maximum Gasteiger partial charge on any atom is 0.163 e. The van der Waals surface area contributed by atoms with E-state index in [0.717, 1.165) is 27.1 Å². The molecule has 2 aromatic carbocycles. The van der Waals surface area contributed by atoms with Gasteiger partial charge in [-0.2, -0.15) is 0 Å². The van der Waals surface area contributed by atoms with Gasteiger partial charge in [0.25, 0.3) is 0 Å². The van der Waals surface area contributed by atoms with Crippen LogP contribution in [0, 0.1) is 0 Å². The van der Waals surface area contributed by atoms with Gasteiger partial charge in [0.1, 0.15) is 13.2 Å². The number of aryl methyl sites for hydroxylation is 1. The van der Waals surface area contributed by atoms with Crippen LogP contribution in [0.5, 0.6) is 11.5 Å². The zero-order valence-electron chi connectivity index (χ0n) is 11.5. The number of ketones is 1. The SMILES string of the molecule is O=C(CCc1ccc2c(c1)OCCO2)c1ccc(Br)cc1. The van der Waals surface area contributed by atoms with E-state index in [1.807, 2.05) is 42.5 Å². The Morgan fingerprint density at radius 3 is 2.48 bits per heavy atom. The third kappa shape index (κ3) is 3.45. The molecule has 2 aromatic rings. The van der Waals surface area contributed by atoms with E-state index in [9.17, 15) is 4.79 Å². The molecule has 21 heavy (non-hydrogen) atoms. The average molecular weight is 347 g/mol. The first-order valence-electron chi connectivity index (χ1n) is 6.90. The lowest BCUT2D eigenvalue weighted by Crippen LogP contribution is -2.15. The number of ether oxygens (including phenoxy) is 2. The van der Waals surface area contributed by atoms with Crippen LogP contribution in [0.3, 0.4) is 0 Å². The second kappa shape index (κ2) is 6.31. The maximum absolute atomic E-state index is 12.1. The topological polar surface area (TPSA) is 35.5 Å². The number of carbonyl (C=O) groups excluding carboxylic acids is 1. The van der Waals surface area contributed by atoms with E-state index >= 15 is 0 Å². The summed E-state index contributed by atoms with van der Waals surface area (Å²) in [7, 11) is 0. The molecule has 1 aliphatic rings. The average Bonchev–Trinajstić information content (AvgIpc) is 2.53. The molecular formula is C17H15BrO3. The molecule has 0 saturated carbocycles. The summed E-state index contributed by atoms with van der Waals surface area (Å²) in [6, 6.07) is 13.3. The van der Waals surface area contributed by atoms with Crippen molar-refractivity contribution < 1.29 is 14.3 Å². The summed E-state index contributed by atoms with van der Waals surface area (Å²) in [5, 5.41) is 0. The standard InChI is InChI=1S/C17H15BrO3/c18-14-5-3-13(4-6-14)15(19)7-1-12-2-8-16-17(11-12)21-10-9-20-16/h2-6,8,11H,1,7,9-10H2. The Morgan fingerprint density at radius 1 is 1.00 bits per heavy atom. The summed E-state index contributed by atoms with van der Waals surface area (Å²) in [4.78, 5) is 12.1. The van der Waals surface area contributed by atoms with Gasteiger partial charge >= 0.3 is 0 Å². The summed E-state index contributed by atoms with van der Waals surface area (Å²) < 4.78 is 12.0. The van der Waals surface area contributed by atoms with Crippen LogP contribution in [0.25, 0.3) is 0 Å². The van der Waals surface area contributed by atoms with Gasteiger partial charge in [-0.15, -0.1) is 0 Å². The first kappa shape index (κ1) is 14.1. The monoisotopic (exact) mass is 346 g/mol. The molecule has 3 rings (SSSR count). The van der Waals surface area contributed by atoms with Crippen molar-refractivity contribution in [3.63, 3.8) is 0 Å². The number of rotatable bonds is 4. The predicted octanol–water partition coefficient (Wildman–Crippen LogP) is 4.04. The van der Waals surface area contributed by atoms with E-state index in [0.29, 0.717) is 26.1 Å². The van der Waals surface area contributed by atoms with Crippen molar-refractivity contribution in [2.45, 2.75) is 12.8 Å². The Balaban J connectivity index is 1.64. The van der Waals surface area contributed by atoms with Crippen LogP contribution >= 0.6 is 15.9 Å². The summed E-state index contributed by atoms with van der Waals surface area (Å²) in [6.07, 6.45) is 1.19. The van der Waals surface area contributed by atoms with Crippen LogP contribution in [-0.4, -0.2) is 19.0 Å². The molecule has 1 aliphatic heterocycles. The first-order valence-corrected chi connectivity index (χ1v) is 7.69. The zero-order valence-corrected chi connectivity index (χ0v) is 13.1. The highest BCUT2D eigenvalue weighted by Gasteiger charge is 2.12. The van der Waals surface area contributed by atoms with Crippen LogP contribution in [0.15, 0.2) is 46.9 Å². The van der Waals surface area contributed by atoms with E-state index < -0.39 is 0 Å². The summed E-state index contributed by atoms with van der Waals surface area (Å²) in [5.74, 6) is 1.71. The molecular weight excluding hydrogens is 332 g/mol. The van der Waals surface area contributed by atoms with Crippen molar-refractivity contribution in [3.8, 4) is 11.5 Å². The Hall–Kier alpha value is -1.81. The molecule has 0 saturated heterocycles. The molecule has 4 heteroatoms. The summed E-state index contributed by atoms with van der Waals surface area (Å²) >= 11 is 3.37. The lowest BCUT2D eigenvalue weighted by molar-refractivity contribution is 0.0982. The van der Waals surface area contributed by atoms with Crippen LogP contribution < -0.4 is 9.47 Å². The van der Waals surface area contributed by atoms with Gasteiger partial charge in [-0.25, -0.2) is 0 Å². The van der Waals surface area contributed by atoms with Gasteiger partial charge in [0.2, 0.25) is 0 Å². The lowest BCUT2D eigenvalue weighted by atomic mass is 10.0. The van der Waals surface area contributed by atoms with Crippen molar-refractivity contribution in [1.29, 1.82) is 0 Å². The van der Waals surface area contributed by atoms with Crippen LogP contribution in [0.2, 0.25) is 0 Å². The predicted molar refractivity (Wildman–Crippen MR) is 84.2 cm³/mol. The fraction of sp³-hybridized carbons (Fsp3) is 0.235. The van der Waals surface area contributed by atoms with E-state index in [2.05, 4.69) is 15.9 Å². The molecule has 1 heterocycles. The van der Waals surface area contributed by atoms with E-state index in [-0.39, 0.29) is 5.78 Å².